The number of fused-ring (bicyclic) bond motifs is 2. The van der Waals surface area contributed by atoms with Gasteiger partial charge in [-0.3, -0.25) is 4.90 Å². The standard InChI is InChI=1S/C22H27ClN2OS.C4H4O4/c1-16(15-26)14-24-8-10-25(11-9-24)20-12-17-4-2-3-5-21(17)27-22-7-6-18(23)13-19(20)22;5-3(6)1-2-4(7)8/h2-7,13,16,20,26H,8-12,14-15H2,1H3;1-2H,(H,5,6)(H,7,8)/b;2-1-. The Morgan fingerprint density at radius 3 is 2.34 bits per heavy atom. The molecule has 2 aliphatic rings. The quantitative estimate of drug-likeness (QED) is 0.492. The molecule has 1 saturated heterocycles. The molecule has 4 rings (SSSR count). The van der Waals surface area contributed by atoms with Crippen LogP contribution in [0.2, 0.25) is 5.02 Å². The van der Waals surface area contributed by atoms with E-state index < -0.39 is 11.9 Å². The molecular formula is C26H31ClN2O5S. The normalized spacial score (nSPS) is 19.1. The van der Waals surface area contributed by atoms with E-state index in [2.05, 4.69) is 53.1 Å². The molecule has 1 fully saturated rings. The first kappa shape index (κ1) is 27.2. The van der Waals surface area contributed by atoms with E-state index in [0.717, 1.165) is 44.2 Å². The van der Waals surface area contributed by atoms with Crippen LogP contribution >= 0.6 is 23.4 Å². The lowest BCUT2D eigenvalue weighted by molar-refractivity contribution is -0.134. The minimum Gasteiger partial charge on any atom is -0.478 e. The molecule has 188 valence electrons. The fourth-order valence-corrected chi connectivity index (χ4v) is 5.60. The lowest BCUT2D eigenvalue weighted by Crippen LogP contribution is -2.49. The number of halogens is 1. The Morgan fingerprint density at radius 2 is 1.71 bits per heavy atom. The molecule has 0 aliphatic carbocycles. The topological polar surface area (TPSA) is 101 Å². The number of carboxylic acids is 2. The molecule has 0 spiro atoms. The number of aliphatic hydroxyl groups excluding tert-OH is 1. The number of nitrogens with zero attached hydrogens (tertiary/aromatic N) is 2. The highest BCUT2D eigenvalue weighted by molar-refractivity contribution is 7.99. The highest BCUT2D eigenvalue weighted by Crippen LogP contribution is 2.43. The van der Waals surface area contributed by atoms with Gasteiger partial charge in [0.15, 0.2) is 0 Å². The molecule has 0 aromatic heterocycles. The van der Waals surface area contributed by atoms with Gasteiger partial charge < -0.3 is 20.2 Å². The van der Waals surface area contributed by atoms with E-state index in [4.69, 9.17) is 21.8 Å². The average molecular weight is 519 g/mol. The van der Waals surface area contributed by atoms with Crippen LogP contribution in [-0.2, 0) is 16.0 Å². The van der Waals surface area contributed by atoms with Crippen molar-refractivity contribution in [2.45, 2.75) is 29.2 Å². The van der Waals surface area contributed by atoms with E-state index >= 15 is 0 Å². The van der Waals surface area contributed by atoms with Gasteiger partial charge in [-0.05, 0) is 47.7 Å². The number of piperazine rings is 1. The summed E-state index contributed by atoms with van der Waals surface area (Å²) >= 11 is 8.25. The fraction of sp³-hybridized carbons (Fsp3) is 0.385. The molecule has 9 heteroatoms. The summed E-state index contributed by atoms with van der Waals surface area (Å²) in [4.78, 5) is 26.9. The van der Waals surface area contributed by atoms with Crippen LogP contribution in [-0.4, -0.2) is 76.4 Å². The molecule has 2 heterocycles. The highest BCUT2D eigenvalue weighted by atomic mass is 35.5. The van der Waals surface area contributed by atoms with Crippen molar-refractivity contribution in [3.8, 4) is 0 Å². The summed E-state index contributed by atoms with van der Waals surface area (Å²) in [5.41, 5.74) is 2.79. The van der Waals surface area contributed by atoms with E-state index in [-0.39, 0.29) is 6.61 Å². The van der Waals surface area contributed by atoms with Crippen molar-refractivity contribution in [1.82, 2.24) is 9.80 Å². The zero-order valence-electron chi connectivity index (χ0n) is 19.6. The zero-order valence-corrected chi connectivity index (χ0v) is 21.2. The fourth-order valence-electron chi connectivity index (χ4n) is 4.31. The SMILES string of the molecule is CC(CO)CN1CCN(C2Cc3ccccc3Sc3ccc(Cl)cc32)CC1.O=C(O)/C=C\C(=O)O. The Kier molecular flexibility index (Phi) is 10.2. The van der Waals surface area contributed by atoms with Crippen molar-refractivity contribution < 1.29 is 24.9 Å². The van der Waals surface area contributed by atoms with Gasteiger partial charge in [0.1, 0.15) is 0 Å². The van der Waals surface area contributed by atoms with Gasteiger partial charge in [0.05, 0.1) is 0 Å². The number of hydrogen-bond donors (Lipinski definition) is 3. The summed E-state index contributed by atoms with van der Waals surface area (Å²) in [6, 6.07) is 15.5. The lowest BCUT2D eigenvalue weighted by atomic mass is 9.96. The molecular weight excluding hydrogens is 488 g/mol. The minimum atomic E-state index is -1.26. The molecule has 2 aliphatic heterocycles. The summed E-state index contributed by atoms with van der Waals surface area (Å²) in [6.45, 7) is 7.60. The molecule has 7 nitrogen and oxygen atoms in total. The number of carboxylic acid groups (broad SMARTS) is 2. The first-order chi connectivity index (χ1) is 16.8. The maximum Gasteiger partial charge on any atom is 0.328 e. The van der Waals surface area contributed by atoms with Gasteiger partial charge in [-0.15, -0.1) is 0 Å². The second kappa shape index (κ2) is 13.1. The Morgan fingerprint density at radius 1 is 1.06 bits per heavy atom. The van der Waals surface area contributed by atoms with Crippen LogP contribution in [0, 0.1) is 5.92 Å². The molecule has 2 aromatic carbocycles. The average Bonchev–Trinajstić information content (AvgIpc) is 3.00. The Labute approximate surface area is 215 Å². The van der Waals surface area contributed by atoms with Crippen molar-refractivity contribution in [2.75, 3.05) is 39.3 Å². The summed E-state index contributed by atoms with van der Waals surface area (Å²) in [5.74, 6) is -2.17. The van der Waals surface area contributed by atoms with Gasteiger partial charge >= 0.3 is 11.9 Å². The predicted molar refractivity (Wildman–Crippen MR) is 137 cm³/mol. The summed E-state index contributed by atoms with van der Waals surface area (Å²) in [5, 5.41) is 25.8. The first-order valence-electron chi connectivity index (χ1n) is 11.5. The van der Waals surface area contributed by atoms with Crippen LogP contribution in [0.25, 0.3) is 0 Å². The van der Waals surface area contributed by atoms with E-state index in [0.29, 0.717) is 24.1 Å². The van der Waals surface area contributed by atoms with Gasteiger partial charge in [-0.1, -0.05) is 48.5 Å². The van der Waals surface area contributed by atoms with Crippen molar-refractivity contribution in [3.05, 3.63) is 70.8 Å². The van der Waals surface area contributed by atoms with Crippen molar-refractivity contribution in [2.24, 2.45) is 5.92 Å². The zero-order chi connectivity index (χ0) is 25.4. The number of carbonyl (C=O) groups is 2. The van der Waals surface area contributed by atoms with Gasteiger partial charge in [0.25, 0.3) is 0 Å². The summed E-state index contributed by atoms with van der Waals surface area (Å²) < 4.78 is 0. The van der Waals surface area contributed by atoms with Crippen LogP contribution in [0.1, 0.15) is 24.1 Å². The van der Waals surface area contributed by atoms with E-state index in [1.54, 1.807) is 0 Å². The highest BCUT2D eigenvalue weighted by Gasteiger charge is 2.30. The van der Waals surface area contributed by atoms with E-state index in [1.165, 1.54) is 20.9 Å². The molecule has 35 heavy (non-hydrogen) atoms. The van der Waals surface area contributed by atoms with Crippen LogP contribution < -0.4 is 0 Å². The van der Waals surface area contributed by atoms with E-state index in [1.807, 2.05) is 17.8 Å². The predicted octanol–water partition coefficient (Wildman–Crippen LogP) is 4.05. The summed E-state index contributed by atoms with van der Waals surface area (Å²) in [6.07, 6.45) is 2.15. The van der Waals surface area contributed by atoms with Gasteiger partial charge in [-0.2, -0.15) is 0 Å². The maximum absolute atomic E-state index is 9.55. The molecule has 0 radical (unpaired) electrons. The maximum atomic E-state index is 9.55. The summed E-state index contributed by atoms with van der Waals surface area (Å²) in [7, 11) is 0. The third-order valence-electron chi connectivity index (χ3n) is 6.03. The number of rotatable bonds is 6. The van der Waals surface area contributed by atoms with Gasteiger partial charge in [0.2, 0.25) is 0 Å². The van der Waals surface area contributed by atoms with Crippen molar-refractivity contribution in [1.29, 1.82) is 0 Å². The lowest BCUT2D eigenvalue weighted by Gasteiger charge is -2.40. The van der Waals surface area contributed by atoms with Crippen LogP contribution in [0.5, 0.6) is 0 Å². The molecule has 3 N–H and O–H groups in total. The third kappa shape index (κ3) is 8.08. The van der Waals surface area contributed by atoms with Gasteiger partial charge in [-0.25, -0.2) is 9.59 Å². The smallest absolute Gasteiger partial charge is 0.328 e. The van der Waals surface area contributed by atoms with Crippen LogP contribution in [0.4, 0.5) is 0 Å². The minimum absolute atomic E-state index is 0.267. The Hall–Kier alpha value is -2.36. The molecule has 2 unspecified atom stereocenters. The third-order valence-corrected chi connectivity index (χ3v) is 7.48. The number of aliphatic hydroxyl groups is 1. The largest absolute Gasteiger partial charge is 0.478 e. The molecule has 0 bridgehead atoms. The first-order valence-corrected chi connectivity index (χ1v) is 12.7. The second-order valence-corrected chi connectivity index (χ2v) is 10.3. The Bertz CT molecular complexity index is 1040. The molecule has 0 saturated carbocycles. The molecule has 0 amide bonds. The number of benzene rings is 2. The van der Waals surface area contributed by atoms with Crippen LogP contribution in [0.15, 0.2) is 64.4 Å². The monoisotopic (exact) mass is 518 g/mol. The second-order valence-electron chi connectivity index (χ2n) is 8.75. The molecule has 2 atom stereocenters. The molecule has 2 aromatic rings. The van der Waals surface area contributed by atoms with Gasteiger partial charge in [0, 0.05) is 72.3 Å². The van der Waals surface area contributed by atoms with E-state index in [9.17, 15) is 14.7 Å². The number of aliphatic carboxylic acids is 2. The van der Waals surface area contributed by atoms with Crippen LogP contribution in [0.3, 0.4) is 0 Å². The number of hydrogen-bond acceptors (Lipinski definition) is 6. The van der Waals surface area contributed by atoms with Crippen molar-refractivity contribution in [3.63, 3.8) is 0 Å². The van der Waals surface area contributed by atoms with Crippen molar-refractivity contribution >= 4 is 35.3 Å². The Balaban J connectivity index is 0.000000371.